The van der Waals surface area contributed by atoms with Crippen molar-refractivity contribution in [3.05, 3.63) is 58.1 Å². The summed E-state index contributed by atoms with van der Waals surface area (Å²) in [6.07, 6.45) is 0.900. The highest BCUT2D eigenvalue weighted by molar-refractivity contribution is 9.10. The van der Waals surface area contributed by atoms with Gasteiger partial charge in [0.2, 0.25) is 0 Å². The van der Waals surface area contributed by atoms with E-state index in [0.29, 0.717) is 19.8 Å². The van der Waals surface area contributed by atoms with Gasteiger partial charge in [-0.2, -0.15) is 0 Å². The fraction of sp³-hybridized carbons (Fsp3) is 0.294. The number of hydrogen-bond donors (Lipinski definition) is 1. The molecule has 0 radical (unpaired) electrons. The second-order valence-electron chi connectivity index (χ2n) is 5.13. The Morgan fingerprint density at radius 2 is 1.81 bits per heavy atom. The lowest BCUT2D eigenvalue weighted by Gasteiger charge is -2.22. The molecule has 1 heterocycles. The Kier molecular flexibility index (Phi) is 4.46. The smallest absolute Gasteiger partial charge is 0.161 e. The molecular formula is C17H18BrNO2. The van der Waals surface area contributed by atoms with E-state index in [4.69, 9.17) is 15.2 Å². The normalized spacial score (nSPS) is 14.8. The van der Waals surface area contributed by atoms with Crippen molar-refractivity contribution in [2.45, 2.75) is 12.3 Å². The van der Waals surface area contributed by atoms with Gasteiger partial charge >= 0.3 is 0 Å². The summed E-state index contributed by atoms with van der Waals surface area (Å²) >= 11 is 3.60. The largest absolute Gasteiger partial charge is 0.486 e. The molecule has 1 aliphatic heterocycles. The minimum atomic E-state index is 0.263. The van der Waals surface area contributed by atoms with Crippen molar-refractivity contribution in [1.82, 2.24) is 0 Å². The van der Waals surface area contributed by atoms with Gasteiger partial charge in [-0.3, -0.25) is 0 Å². The molecule has 2 aromatic rings. The summed E-state index contributed by atoms with van der Waals surface area (Å²) in [5.74, 6) is 1.91. The molecule has 1 aliphatic rings. The maximum absolute atomic E-state index is 5.99. The number of fused-ring (bicyclic) bond motifs is 1. The van der Waals surface area contributed by atoms with Gasteiger partial charge in [0.25, 0.3) is 0 Å². The first kappa shape index (κ1) is 14.4. The van der Waals surface area contributed by atoms with E-state index in [-0.39, 0.29) is 5.92 Å². The summed E-state index contributed by atoms with van der Waals surface area (Å²) in [4.78, 5) is 0. The average Bonchev–Trinajstić information content (AvgIpc) is 2.54. The van der Waals surface area contributed by atoms with Crippen LogP contribution in [0.25, 0.3) is 0 Å². The molecule has 1 atom stereocenters. The van der Waals surface area contributed by atoms with Gasteiger partial charge in [0.15, 0.2) is 11.5 Å². The van der Waals surface area contributed by atoms with Gasteiger partial charge in [-0.1, -0.05) is 40.2 Å². The fourth-order valence-electron chi connectivity index (χ4n) is 2.58. The summed E-state index contributed by atoms with van der Waals surface area (Å²) in [6, 6.07) is 14.4. The van der Waals surface area contributed by atoms with E-state index >= 15 is 0 Å². The van der Waals surface area contributed by atoms with Crippen LogP contribution in [-0.2, 0) is 6.42 Å². The molecule has 2 aromatic carbocycles. The zero-order chi connectivity index (χ0) is 14.7. The number of halogens is 1. The van der Waals surface area contributed by atoms with Gasteiger partial charge in [0, 0.05) is 10.4 Å². The molecule has 3 nitrogen and oxygen atoms in total. The number of rotatable bonds is 4. The monoisotopic (exact) mass is 347 g/mol. The first-order valence-corrected chi connectivity index (χ1v) is 7.90. The molecule has 0 saturated carbocycles. The molecule has 0 spiro atoms. The Morgan fingerprint density at radius 3 is 2.57 bits per heavy atom. The van der Waals surface area contributed by atoms with Crippen molar-refractivity contribution in [2.75, 3.05) is 19.8 Å². The molecule has 110 valence electrons. The summed E-state index contributed by atoms with van der Waals surface area (Å²) in [5.41, 5.74) is 8.45. The van der Waals surface area contributed by atoms with E-state index in [1.165, 1.54) is 11.1 Å². The van der Waals surface area contributed by atoms with E-state index in [0.717, 1.165) is 22.4 Å². The SMILES string of the molecule is NCC(Cc1ccccc1Br)c1ccc2c(c1)OCCO2. The summed E-state index contributed by atoms with van der Waals surface area (Å²) in [5, 5.41) is 0. The molecule has 0 aromatic heterocycles. The molecule has 0 aliphatic carbocycles. The molecule has 3 rings (SSSR count). The second-order valence-corrected chi connectivity index (χ2v) is 5.99. The third-order valence-corrected chi connectivity index (χ3v) is 4.52. The van der Waals surface area contributed by atoms with Crippen LogP contribution in [0.3, 0.4) is 0 Å². The molecule has 0 bridgehead atoms. The van der Waals surface area contributed by atoms with Crippen LogP contribution < -0.4 is 15.2 Å². The van der Waals surface area contributed by atoms with E-state index in [9.17, 15) is 0 Å². The van der Waals surface area contributed by atoms with Crippen LogP contribution in [0.1, 0.15) is 17.0 Å². The quantitative estimate of drug-likeness (QED) is 0.920. The van der Waals surface area contributed by atoms with E-state index < -0.39 is 0 Å². The van der Waals surface area contributed by atoms with Gasteiger partial charge in [0.1, 0.15) is 13.2 Å². The topological polar surface area (TPSA) is 44.5 Å². The van der Waals surface area contributed by atoms with Crippen LogP contribution in [-0.4, -0.2) is 19.8 Å². The first-order valence-electron chi connectivity index (χ1n) is 7.11. The van der Waals surface area contributed by atoms with E-state index in [2.05, 4.69) is 46.3 Å². The zero-order valence-corrected chi connectivity index (χ0v) is 13.3. The number of hydrogen-bond acceptors (Lipinski definition) is 3. The second kappa shape index (κ2) is 6.50. The molecule has 2 N–H and O–H groups in total. The average molecular weight is 348 g/mol. The molecule has 4 heteroatoms. The Balaban J connectivity index is 1.85. The summed E-state index contributed by atoms with van der Waals surface area (Å²) < 4.78 is 12.3. The first-order chi connectivity index (χ1) is 10.3. The highest BCUT2D eigenvalue weighted by Gasteiger charge is 2.17. The van der Waals surface area contributed by atoms with Crippen molar-refractivity contribution in [2.24, 2.45) is 5.73 Å². The highest BCUT2D eigenvalue weighted by atomic mass is 79.9. The minimum Gasteiger partial charge on any atom is -0.486 e. The molecule has 0 fully saturated rings. The van der Waals surface area contributed by atoms with Crippen LogP contribution >= 0.6 is 15.9 Å². The Morgan fingerprint density at radius 1 is 1.05 bits per heavy atom. The van der Waals surface area contributed by atoms with Crippen LogP contribution in [0, 0.1) is 0 Å². The predicted molar refractivity (Wildman–Crippen MR) is 87.1 cm³/mol. The third kappa shape index (κ3) is 3.22. The van der Waals surface area contributed by atoms with Crippen molar-refractivity contribution in [3.63, 3.8) is 0 Å². The molecule has 1 unspecified atom stereocenters. The van der Waals surface area contributed by atoms with E-state index in [1.54, 1.807) is 0 Å². The van der Waals surface area contributed by atoms with Crippen LogP contribution in [0.15, 0.2) is 46.9 Å². The highest BCUT2D eigenvalue weighted by Crippen LogP contribution is 2.34. The lowest BCUT2D eigenvalue weighted by atomic mass is 9.92. The van der Waals surface area contributed by atoms with Crippen LogP contribution in [0.2, 0.25) is 0 Å². The minimum absolute atomic E-state index is 0.263. The maximum Gasteiger partial charge on any atom is 0.161 e. The van der Waals surface area contributed by atoms with Crippen LogP contribution in [0.5, 0.6) is 11.5 Å². The molecule has 21 heavy (non-hydrogen) atoms. The molecule has 0 amide bonds. The van der Waals surface area contributed by atoms with Crippen molar-refractivity contribution in [1.29, 1.82) is 0 Å². The Hall–Kier alpha value is -1.52. The Labute approximate surface area is 133 Å². The van der Waals surface area contributed by atoms with Gasteiger partial charge in [0.05, 0.1) is 0 Å². The van der Waals surface area contributed by atoms with Crippen molar-refractivity contribution < 1.29 is 9.47 Å². The number of ether oxygens (including phenoxy) is 2. The van der Waals surface area contributed by atoms with E-state index in [1.807, 2.05) is 12.1 Å². The van der Waals surface area contributed by atoms with Crippen molar-refractivity contribution >= 4 is 15.9 Å². The lowest BCUT2D eigenvalue weighted by Crippen LogP contribution is -2.18. The third-order valence-electron chi connectivity index (χ3n) is 3.75. The number of benzene rings is 2. The summed E-state index contributed by atoms with van der Waals surface area (Å²) in [6.45, 7) is 1.82. The van der Waals surface area contributed by atoms with Gasteiger partial charge in [-0.25, -0.2) is 0 Å². The standard InChI is InChI=1S/C17H18BrNO2/c18-15-4-2-1-3-13(15)9-14(11-19)12-5-6-16-17(10-12)21-8-7-20-16/h1-6,10,14H,7-9,11,19H2. The predicted octanol–water partition coefficient (Wildman–Crippen LogP) is 3.51. The summed E-state index contributed by atoms with van der Waals surface area (Å²) in [7, 11) is 0. The molecular weight excluding hydrogens is 330 g/mol. The lowest BCUT2D eigenvalue weighted by molar-refractivity contribution is 0.171. The number of nitrogens with two attached hydrogens (primary N) is 1. The Bertz CT molecular complexity index is 630. The fourth-order valence-corrected chi connectivity index (χ4v) is 3.03. The zero-order valence-electron chi connectivity index (χ0n) is 11.7. The van der Waals surface area contributed by atoms with Gasteiger partial charge < -0.3 is 15.2 Å². The van der Waals surface area contributed by atoms with Crippen LogP contribution in [0.4, 0.5) is 0 Å². The van der Waals surface area contributed by atoms with Gasteiger partial charge in [-0.15, -0.1) is 0 Å². The molecule has 0 saturated heterocycles. The van der Waals surface area contributed by atoms with Gasteiger partial charge in [-0.05, 0) is 42.3 Å². The maximum atomic E-state index is 5.99. The van der Waals surface area contributed by atoms with Crippen molar-refractivity contribution in [3.8, 4) is 11.5 Å².